The van der Waals surface area contributed by atoms with E-state index in [1.54, 1.807) is 0 Å². The molecule has 0 amide bonds. The normalized spacial score (nSPS) is 14.1. The average molecular weight is 543 g/mol. The van der Waals surface area contributed by atoms with Crippen LogP contribution in [0.1, 0.15) is 0 Å². The van der Waals surface area contributed by atoms with Crippen molar-refractivity contribution in [2.75, 3.05) is 9.80 Å². The Bertz CT molecular complexity index is 1990. The summed E-state index contributed by atoms with van der Waals surface area (Å²) in [6.45, 7) is 0. The molecule has 0 N–H and O–H groups in total. The van der Waals surface area contributed by atoms with Gasteiger partial charge in [0.05, 0.1) is 34.1 Å². The van der Waals surface area contributed by atoms with Crippen molar-refractivity contribution >= 4 is 66.6 Å². The van der Waals surface area contributed by atoms with Gasteiger partial charge in [-0.2, -0.15) is 10.9 Å². The Morgan fingerprint density at radius 1 is 0.317 bits per heavy atom. The van der Waals surface area contributed by atoms with E-state index < -0.39 is 10.9 Å². The monoisotopic (exact) mass is 542 g/mol. The minimum atomic E-state index is -0.755. The molecule has 0 aromatic heterocycles. The van der Waals surface area contributed by atoms with Crippen LogP contribution in [0.5, 0.6) is 0 Å². The molecule has 3 heteroatoms. The molecule has 0 unspecified atom stereocenters. The van der Waals surface area contributed by atoms with Crippen LogP contribution in [0.2, 0.25) is 0 Å². The lowest BCUT2D eigenvalue weighted by molar-refractivity contribution is 1.10. The quantitative estimate of drug-likeness (QED) is 0.217. The number of para-hydroxylation sites is 2. The lowest BCUT2D eigenvalue weighted by atomic mass is 10.0. The first kappa shape index (κ1) is 22.8. The van der Waals surface area contributed by atoms with Crippen LogP contribution in [0.15, 0.2) is 166 Å². The van der Waals surface area contributed by atoms with Crippen LogP contribution >= 0.6 is 10.9 Å². The Hall–Kier alpha value is -4.99. The summed E-state index contributed by atoms with van der Waals surface area (Å²) in [5, 5.41) is 5.03. The largest absolute Gasteiger partial charge is 0.308 e. The van der Waals surface area contributed by atoms with Crippen LogP contribution < -0.4 is 9.80 Å². The number of fused-ring (bicyclic) bond motifs is 6. The highest BCUT2D eigenvalue weighted by atomic mass is 32.2. The summed E-state index contributed by atoms with van der Waals surface area (Å²) < 4.78 is 0. The van der Waals surface area contributed by atoms with Crippen molar-refractivity contribution < 1.29 is 0 Å². The number of hydrogen-bond acceptors (Lipinski definition) is 2. The number of anilines is 6. The number of nitrogens with zero attached hydrogens (tertiary/aromatic N) is 2. The molecule has 0 fully saturated rings. The molecule has 2 heterocycles. The van der Waals surface area contributed by atoms with Crippen molar-refractivity contribution in [2.24, 2.45) is 0 Å². The fraction of sp³-hybridized carbons (Fsp3) is 0. The van der Waals surface area contributed by atoms with Crippen LogP contribution in [0.25, 0.3) is 21.5 Å². The molecule has 0 saturated heterocycles. The van der Waals surface area contributed by atoms with E-state index in [9.17, 15) is 0 Å². The Labute approximate surface area is 242 Å². The predicted molar refractivity (Wildman–Crippen MR) is 175 cm³/mol. The third-order valence-electron chi connectivity index (χ3n) is 8.44. The van der Waals surface area contributed by atoms with Gasteiger partial charge in [0.25, 0.3) is 0 Å². The molecule has 2 aliphatic heterocycles. The summed E-state index contributed by atoms with van der Waals surface area (Å²) in [6, 6.07) is 55.7. The van der Waals surface area contributed by atoms with Crippen molar-refractivity contribution in [3.05, 3.63) is 152 Å². The summed E-state index contributed by atoms with van der Waals surface area (Å²) in [4.78, 5) is 9.23. The van der Waals surface area contributed by atoms with E-state index in [0.717, 1.165) is 0 Å². The van der Waals surface area contributed by atoms with E-state index in [0.29, 0.717) is 0 Å². The molecule has 41 heavy (non-hydrogen) atoms. The van der Waals surface area contributed by atoms with Crippen molar-refractivity contribution in [1.82, 2.24) is 0 Å². The second-order valence-electron chi connectivity index (χ2n) is 10.6. The molecule has 7 aromatic carbocycles. The zero-order valence-corrected chi connectivity index (χ0v) is 23.2. The molecule has 2 nitrogen and oxygen atoms in total. The molecule has 0 radical (unpaired) electrons. The Kier molecular flexibility index (Phi) is 4.87. The van der Waals surface area contributed by atoms with Crippen molar-refractivity contribution in [3.8, 4) is 0 Å². The summed E-state index contributed by atoms with van der Waals surface area (Å²) >= 11 is 0. The van der Waals surface area contributed by atoms with Crippen LogP contribution in [-0.2, 0) is 0 Å². The van der Waals surface area contributed by atoms with Crippen LogP contribution in [-0.4, -0.2) is 0 Å². The van der Waals surface area contributed by atoms with Gasteiger partial charge in [-0.3, -0.25) is 0 Å². The number of hydrogen-bond donors (Lipinski definition) is 1. The van der Waals surface area contributed by atoms with Gasteiger partial charge in [-0.05, 0) is 59.3 Å². The van der Waals surface area contributed by atoms with E-state index in [-0.39, 0.29) is 0 Å². The van der Waals surface area contributed by atoms with Gasteiger partial charge < -0.3 is 9.80 Å². The molecule has 2 aliphatic rings. The zero-order chi connectivity index (χ0) is 26.9. The van der Waals surface area contributed by atoms with Crippen LogP contribution in [0.3, 0.4) is 0 Å². The lowest BCUT2D eigenvalue weighted by Crippen LogP contribution is -2.23. The molecule has 0 saturated carbocycles. The van der Waals surface area contributed by atoms with Crippen LogP contribution in [0.4, 0.5) is 34.1 Å². The van der Waals surface area contributed by atoms with Crippen LogP contribution in [0, 0.1) is 0 Å². The molecule has 0 aliphatic carbocycles. The SMILES string of the molecule is c1ccc2c(c1)N(c1cccc3ccccc13)c1cccc3c1[SH]2c1ccccc1N3c1cccc2ccccc12. The number of benzene rings is 7. The van der Waals surface area contributed by atoms with E-state index in [4.69, 9.17) is 0 Å². The van der Waals surface area contributed by atoms with E-state index in [2.05, 4.69) is 161 Å². The maximum atomic E-state index is 2.50. The molecule has 194 valence electrons. The third-order valence-corrected chi connectivity index (χ3v) is 11.1. The maximum Gasteiger partial charge on any atom is 0.0608 e. The molecule has 9 rings (SSSR count). The second-order valence-corrected chi connectivity index (χ2v) is 12.7. The van der Waals surface area contributed by atoms with Gasteiger partial charge in [-0.25, -0.2) is 0 Å². The van der Waals surface area contributed by atoms with Gasteiger partial charge >= 0.3 is 0 Å². The Morgan fingerprint density at radius 2 is 0.683 bits per heavy atom. The average Bonchev–Trinajstić information content (AvgIpc) is 3.04. The number of rotatable bonds is 2. The van der Waals surface area contributed by atoms with Gasteiger partial charge in [0.1, 0.15) is 0 Å². The van der Waals surface area contributed by atoms with E-state index in [1.807, 2.05) is 0 Å². The van der Waals surface area contributed by atoms with Crippen molar-refractivity contribution in [2.45, 2.75) is 14.7 Å². The first-order valence-corrected chi connectivity index (χ1v) is 15.4. The maximum absolute atomic E-state index is 2.50. The standard InChI is InChI=1S/C38H26N2S/c1-3-16-28-26(12-1)14-9-20-30(28)39-32-18-5-7-24-36(32)41-37-25-8-6-19-33(37)40(35-23-11-22-34(39)38(35)41)31-21-10-15-27-13-2-4-17-29(27)31/h1-25,41H. The van der Waals surface area contributed by atoms with Gasteiger partial charge in [-0.15, -0.1) is 0 Å². The molecule has 7 aromatic rings. The molecule has 0 bridgehead atoms. The topological polar surface area (TPSA) is 6.48 Å². The summed E-state index contributed by atoms with van der Waals surface area (Å²) in [6.07, 6.45) is 0. The fourth-order valence-electron chi connectivity index (χ4n) is 6.75. The molecular weight excluding hydrogens is 516 g/mol. The van der Waals surface area contributed by atoms with E-state index in [1.165, 1.54) is 70.4 Å². The van der Waals surface area contributed by atoms with Gasteiger partial charge in [0.15, 0.2) is 0 Å². The zero-order valence-electron chi connectivity index (χ0n) is 22.3. The molecule has 0 spiro atoms. The second kappa shape index (κ2) is 8.76. The first-order chi connectivity index (χ1) is 20.4. The van der Waals surface area contributed by atoms with Crippen molar-refractivity contribution in [1.29, 1.82) is 0 Å². The highest BCUT2D eigenvalue weighted by molar-refractivity contribution is 8.17. The minimum absolute atomic E-state index is 0.755. The lowest BCUT2D eigenvalue weighted by Gasteiger charge is -2.46. The first-order valence-electron chi connectivity index (χ1n) is 14.1. The third kappa shape index (κ3) is 3.21. The highest BCUT2D eigenvalue weighted by Crippen LogP contribution is 2.71. The minimum Gasteiger partial charge on any atom is -0.308 e. The summed E-state index contributed by atoms with van der Waals surface area (Å²) in [5.41, 5.74) is 7.51. The van der Waals surface area contributed by atoms with Crippen molar-refractivity contribution in [3.63, 3.8) is 0 Å². The van der Waals surface area contributed by atoms with Gasteiger partial charge in [0, 0.05) is 25.5 Å². The Morgan fingerprint density at radius 3 is 1.22 bits per heavy atom. The smallest absolute Gasteiger partial charge is 0.0608 e. The Balaban J connectivity index is 1.39. The molecule has 0 atom stereocenters. The molecular formula is C38H26N2S. The van der Waals surface area contributed by atoms with Gasteiger partial charge in [-0.1, -0.05) is 103 Å². The van der Waals surface area contributed by atoms with E-state index >= 15 is 0 Å². The predicted octanol–water partition coefficient (Wildman–Crippen LogP) is 11.0. The summed E-state index contributed by atoms with van der Waals surface area (Å²) in [7, 11) is -0.755. The van der Waals surface area contributed by atoms with Gasteiger partial charge in [0.2, 0.25) is 0 Å². The fourth-order valence-corrected chi connectivity index (χ4v) is 9.58. The number of thiol groups is 1. The summed E-state index contributed by atoms with van der Waals surface area (Å²) in [5.74, 6) is 0. The highest BCUT2D eigenvalue weighted by Gasteiger charge is 2.39.